The van der Waals surface area contributed by atoms with Gasteiger partial charge in [0.25, 0.3) is 0 Å². The van der Waals surface area contributed by atoms with Gasteiger partial charge in [0, 0.05) is 30.6 Å². The zero-order chi connectivity index (χ0) is 21.1. The molecule has 0 aliphatic carbocycles. The number of hydrogen-bond donors (Lipinski definition) is 1. The van der Waals surface area contributed by atoms with E-state index in [0.29, 0.717) is 23.7 Å². The predicted octanol–water partition coefficient (Wildman–Crippen LogP) is 3.38. The maximum atomic E-state index is 13.1. The molecule has 1 amide bonds. The van der Waals surface area contributed by atoms with Crippen LogP contribution in [0.25, 0.3) is 11.4 Å². The van der Waals surface area contributed by atoms with Gasteiger partial charge in [0.1, 0.15) is 11.5 Å². The normalized spacial score (nSPS) is 15.8. The highest BCUT2D eigenvalue weighted by Crippen LogP contribution is 2.27. The number of pyridine rings is 1. The molecule has 1 aromatic carbocycles. The fourth-order valence-electron chi connectivity index (χ4n) is 3.28. The van der Waals surface area contributed by atoms with Gasteiger partial charge in [-0.2, -0.15) is 4.31 Å². The molecule has 7 nitrogen and oxygen atoms in total. The van der Waals surface area contributed by atoms with Crippen molar-refractivity contribution in [3.05, 3.63) is 59.9 Å². The number of amides is 1. The molecule has 1 saturated heterocycles. The van der Waals surface area contributed by atoms with Gasteiger partial charge in [-0.1, -0.05) is 6.07 Å². The molecule has 3 aromatic rings. The van der Waals surface area contributed by atoms with Gasteiger partial charge in [-0.05, 0) is 49.2 Å². The van der Waals surface area contributed by atoms with Crippen molar-refractivity contribution in [3.8, 4) is 11.4 Å². The third kappa shape index (κ3) is 4.40. The molecule has 1 N–H and O–H groups in total. The van der Waals surface area contributed by atoms with E-state index >= 15 is 0 Å². The van der Waals surface area contributed by atoms with Crippen LogP contribution in [0.2, 0.25) is 0 Å². The molecule has 0 spiro atoms. The van der Waals surface area contributed by atoms with Crippen molar-refractivity contribution < 1.29 is 17.6 Å². The first-order valence-corrected chi connectivity index (χ1v) is 11.7. The van der Waals surface area contributed by atoms with Crippen LogP contribution in [-0.2, 0) is 14.8 Å². The minimum atomic E-state index is -3.70. The molecular weight excluding hydrogens is 427 g/mol. The first kappa shape index (κ1) is 20.6. The van der Waals surface area contributed by atoms with Gasteiger partial charge in [0.15, 0.2) is 5.13 Å². The molecule has 10 heteroatoms. The van der Waals surface area contributed by atoms with E-state index in [1.807, 2.05) is 23.6 Å². The molecule has 0 atom stereocenters. The molecule has 1 aliphatic rings. The Morgan fingerprint density at radius 2 is 1.83 bits per heavy atom. The van der Waals surface area contributed by atoms with Crippen LogP contribution in [-0.4, -0.2) is 41.7 Å². The van der Waals surface area contributed by atoms with Crippen LogP contribution in [0.15, 0.2) is 58.9 Å². The smallest absolute Gasteiger partial charge is 0.243 e. The van der Waals surface area contributed by atoms with Crippen LogP contribution in [0, 0.1) is 11.7 Å². The lowest BCUT2D eigenvalue weighted by Gasteiger charge is -2.30. The average molecular weight is 447 g/mol. The summed E-state index contributed by atoms with van der Waals surface area (Å²) in [6.07, 6.45) is 2.50. The Balaban J connectivity index is 1.36. The second-order valence-corrected chi connectivity index (χ2v) is 9.67. The maximum absolute atomic E-state index is 13.1. The number of aromatic nitrogens is 2. The topological polar surface area (TPSA) is 92.3 Å². The molecule has 0 bridgehead atoms. The predicted molar refractivity (Wildman–Crippen MR) is 112 cm³/mol. The van der Waals surface area contributed by atoms with E-state index in [1.54, 1.807) is 6.20 Å². The highest BCUT2D eigenvalue weighted by Gasteiger charge is 2.32. The number of halogens is 1. The lowest BCUT2D eigenvalue weighted by molar-refractivity contribution is -0.120. The third-order valence-electron chi connectivity index (χ3n) is 4.94. The number of carbonyl (C=O) groups is 1. The monoisotopic (exact) mass is 446 g/mol. The van der Waals surface area contributed by atoms with Crippen molar-refractivity contribution in [1.82, 2.24) is 14.3 Å². The van der Waals surface area contributed by atoms with Crippen LogP contribution in [0.3, 0.4) is 0 Å². The largest absolute Gasteiger partial charge is 0.302 e. The zero-order valence-electron chi connectivity index (χ0n) is 15.9. The fourth-order valence-corrected chi connectivity index (χ4v) is 5.46. The third-order valence-corrected chi connectivity index (χ3v) is 7.61. The van der Waals surface area contributed by atoms with Crippen LogP contribution in [0.5, 0.6) is 0 Å². The number of benzene rings is 1. The number of nitrogens with zero attached hydrogens (tertiary/aromatic N) is 3. The minimum absolute atomic E-state index is 0.0524. The van der Waals surface area contributed by atoms with Crippen molar-refractivity contribution in [2.75, 3.05) is 18.4 Å². The van der Waals surface area contributed by atoms with Crippen molar-refractivity contribution in [3.63, 3.8) is 0 Å². The second kappa shape index (κ2) is 8.58. The van der Waals surface area contributed by atoms with Crippen molar-refractivity contribution in [1.29, 1.82) is 0 Å². The molecule has 4 rings (SSSR count). The molecule has 156 valence electrons. The van der Waals surface area contributed by atoms with Gasteiger partial charge in [0.05, 0.1) is 10.6 Å². The molecule has 1 fully saturated rings. The van der Waals surface area contributed by atoms with Crippen molar-refractivity contribution >= 4 is 32.4 Å². The van der Waals surface area contributed by atoms with E-state index in [2.05, 4.69) is 15.3 Å². The summed E-state index contributed by atoms with van der Waals surface area (Å²) >= 11 is 1.32. The quantitative estimate of drug-likeness (QED) is 0.649. The average Bonchev–Trinajstić information content (AvgIpc) is 3.23. The van der Waals surface area contributed by atoms with Crippen molar-refractivity contribution in [2.45, 2.75) is 17.7 Å². The van der Waals surface area contributed by atoms with Crippen LogP contribution in [0.4, 0.5) is 9.52 Å². The molecule has 0 saturated carbocycles. The molecule has 0 unspecified atom stereocenters. The Kier molecular flexibility index (Phi) is 5.89. The van der Waals surface area contributed by atoms with Gasteiger partial charge < -0.3 is 5.32 Å². The van der Waals surface area contributed by atoms with Gasteiger partial charge in [-0.15, -0.1) is 11.3 Å². The summed E-state index contributed by atoms with van der Waals surface area (Å²) in [7, 11) is -3.70. The highest BCUT2D eigenvalue weighted by molar-refractivity contribution is 7.89. The molecule has 0 radical (unpaired) electrons. The Hall–Kier alpha value is -2.69. The number of rotatable bonds is 5. The van der Waals surface area contributed by atoms with Crippen molar-refractivity contribution in [2.24, 2.45) is 5.92 Å². The lowest BCUT2D eigenvalue weighted by Crippen LogP contribution is -2.41. The first-order chi connectivity index (χ1) is 14.4. The summed E-state index contributed by atoms with van der Waals surface area (Å²) in [5.74, 6) is -0.958. The molecule has 3 heterocycles. The van der Waals surface area contributed by atoms with E-state index in [4.69, 9.17) is 0 Å². The number of nitrogens with one attached hydrogen (secondary N) is 1. The summed E-state index contributed by atoms with van der Waals surface area (Å²) in [4.78, 5) is 21.3. The summed E-state index contributed by atoms with van der Waals surface area (Å²) < 4.78 is 39.8. The lowest BCUT2D eigenvalue weighted by atomic mass is 9.97. The van der Waals surface area contributed by atoms with Gasteiger partial charge in [-0.3, -0.25) is 9.78 Å². The van der Waals surface area contributed by atoms with Crippen LogP contribution in [0.1, 0.15) is 12.8 Å². The second-order valence-electron chi connectivity index (χ2n) is 6.87. The van der Waals surface area contributed by atoms with Gasteiger partial charge >= 0.3 is 0 Å². The standard InChI is InChI=1S/C20H19FN4O3S2/c21-15-4-6-16(7-5-15)30(27,28)25-11-8-14(9-12-25)19(26)24-20-23-18(13-29-20)17-3-1-2-10-22-17/h1-7,10,13-14H,8-9,11-12H2,(H,23,24,26). The number of piperidine rings is 1. The maximum Gasteiger partial charge on any atom is 0.243 e. The zero-order valence-corrected chi connectivity index (χ0v) is 17.5. The van der Waals surface area contributed by atoms with E-state index in [1.165, 1.54) is 27.8 Å². The summed E-state index contributed by atoms with van der Waals surface area (Å²) in [5.41, 5.74) is 1.42. The van der Waals surface area contributed by atoms with E-state index < -0.39 is 15.8 Å². The van der Waals surface area contributed by atoms with Crippen LogP contribution >= 0.6 is 11.3 Å². The Labute approximate surface area is 177 Å². The molecule has 30 heavy (non-hydrogen) atoms. The first-order valence-electron chi connectivity index (χ1n) is 9.37. The van der Waals surface area contributed by atoms with Crippen LogP contribution < -0.4 is 5.32 Å². The van der Waals surface area contributed by atoms with Gasteiger partial charge in [-0.25, -0.2) is 17.8 Å². The number of thiazole rings is 1. The van der Waals surface area contributed by atoms with Gasteiger partial charge in [0.2, 0.25) is 15.9 Å². The van der Waals surface area contributed by atoms with E-state index in [0.717, 1.165) is 17.8 Å². The highest BCUT2D eigenvalue weighted by atomic mass is 32.2. The minimum Gasteiger partial charge on any atom is -0.302 e. The Bertz CT molecular complexity index is 1130. The molecule has 2 aromatic heterocycles. The van der Waals surface area contributed by atoms with E-state index in [-0.39, 0.29) is 29.8 Å². The fraction of sp³-hybridized carbons (Fsp3) is 0.250. The summed E-state index contributed by atoms with van der Waals surface area (Å²) in [5, 5.41) is 5.14. The molecular formula is C20H19FN4O3S2. The number of anilines is 1. The Morgan fingerprint density at radius 3 is 2.50 bits per heavy atom. The summed E-state index contributed by atoms with van der Waals surface area (Å²) in [6.45, 7) is 0.462. The van der Waals surface area contributed by atoms with E-state index in [9.17, 15) is 17.6 Å². The number of hydrogen-bond acceptors (Lipinski definition) is 6. The Morgan fingerprint density at radius 1 is 1.10 bits per heavy atom. The number of carbonyl (C=O) groups excluding carboxylic acids is 1. The SMILES string of the molecule is O=C(Nc1nc(-c2ccccn2)cs1)C1CCN(S(=O)(=O)c2ccc(F)cc2)CC1. The summed E-state index contributed by atoms with van der Waals surface area (Å²) in [6, 6.07) is 10.3. The number of sulfonamides is 1. The molecule has 1 aliphatic heterocycles.